The van der Waals surface area contributed by atoms with E-state index in [4.69, 9.17) is 5.73 Å². The van der Waals surface area contributed by atoms with E-state index in [1.807, 2.05) is 24.3 Å². The van der Waals surface area contributed by atoms with Crippen LogP contribution < -0.4 is 5.73 Å². The SMILES string of the molecule is Cc1ccc(Br)cc1-c1nc2c(N)cccc2[nH]1. The second-order valence-corrected chi connectivity index (χ2v) is 5.20. The number of aromatic nitrogens is 2. The molecule has 1 aromatic heterocycles. The van der Waals surface area contributed by atoms with Crippen LogP contribution in [0.2, 0.25) is 0 Å². The molecular weight excluding hydrogens is 290 g/mol. The van der Waals surface area contributed by atoms with Crippen molar-refractivity contribution >= 4 is 32.7 Å². The summed E-state index contributed by atoms with van der Waals surface area (Å²) in [5.41, 5.74) is 10.7. The number of nitrogens with one attached hydrogen (secondary N) is 1. The number of imidazole rings is 1. The van der Waals surface area contributed by atoms with Crippen LogP contribution in [0, 0.1) is 6.92 Å². The fourth-order valence-electron chi connectivity index (χ4n) is 2.03. The molecule has 0 saturated carbocycles. The minimum Gasteiger partial charge on any atom is -0.397 e. The maximum atomic E-state index is 5.92. The maximum Gasteiger partial charge on any atom is 0.138 e. The predicted molar refractivity (Wildman–Crippen MR) is 78.4 cm³/mol. The third kappa shape index (κ3) is 1.78. The fourth-order valence-corrected chi connectivity index (χ4v) is 2.39. The highest BCUT2D eigenvalue weighted by atomic mass is 79.9. The Morgan fingerprint density at radius 2 is 2.06 bits per heavy atom. The first-order chi connectivity index (χ1) is 8.65. The van der Waals surface area contributed by atoms with Crippen LogP contribution in [0.1, 0.15) is 5.56 Å². The smallest absolute Gasteiger partial charge is 0.138 e. The van der Waals surface area contributed by atoms with Gasteiger partial charge in [0.05, 0.1) is 11.2 Å². The van der Waals surface area contributed by atoms with Crippen LogP contribution in [-0.4, -0.2) is 9.97 Å². The van der Waals surface area contributed by atoms with E-state index >= 15 is 0 Å². The molecule has 0 saturated heterocycles. The number of hydrogen-bond acceptors (Lipinski definition) is 2. The summed E-state index contributed by atoms with van der Waals surface area (Å²) in [6.45, 7) is 2.07. The topological polar surface area (TPSA) is 54.7 Å². The molecule has 3 aromatic rings. The first-order valence-electron chi connectivity index (χ1n) is 5.66. The van der Waals surface area contributed by atoms with Crippen LogP contribution in [-0.2, 0) is 0 Å². The molecule has 3 nitrogen and oxygen atoms in total. The molecule has 3 N–H and O–H groups in total. The first kappa shape index (κ1) is 11.3. The Hall–Kier alpha value is -1.81. The zero-order valence-corrected chi connectivity index (χ0v) is 11.5. The van der Waals surface area contributed by atoms with E-state index in [0.29, 0.717) is 5.69 Å². The Bertz CT molecular complexity index is 731. The first-order valence-corrected chi connectivity index (χ1v) is 6.45. The molecular formula is C14H12BrN3. The number of nitrogen functional groups attached to an aromatic ring is 1. The van der Waals surface area contributed by atoms with Crippen molar-refractivity contribution in [2.45, 2.75) is 6.92 Å². The summed E-state index contributed by atoms with van der Waals surface area (Å²) in [7, 11) is 0. The normalized spacial score (nSPS) is 11.0. The van der Waals surface area contributed by atoms with Gasteiger partial charge in [-0.15, -0.1) is 0 Å². The lowest BCUT2D eigenvalue weighted by atomic mass is 10.1. The molecule has 0 aliphatic carbocycles. The highest BCUT2D eigenvalue weighted by Crippen LogP contribution is 2.28. The largest absolute Gasteiger partial charge is 0.397 e. The second kappa shape index (κ2) is 4.14. The Balaban J connectivity index is 2.26. The molecule has 0 radical (unpaired) electrons. The van der Waals surface area contributed by atoms with Crippen molar-refractivity contribution in [3.63, 3.8) is 0 Å². The van der Waals surface area contributed by atoms with Crippen molar-refractivity contribution in [3.05, 3.63) is 46.4 Å². The van der Waals surface area contributed by atoms with Gasteiger partial charge in [0.25, 0.3) is 0 Å². The van der Waals surface area contributed by atoms with Gasteiger partial charge < -0.3 is 10.7 Å². The number of para-hydroxylation sites is 1. The number of aryl methyl sites for hydroxylation is 1. The lowest BCUT2D eigenvalue weighted by Crippen LogP contribution is -1.86. The van der Waals surface area contributed by atoms with Gasteiger partial charge in [0.15, 0.2) is 0 Å². The Kier molecular flexibility index (Phi) is 2.59. The lowest BCUT2D eigenvalue weighted by molar-refractivity contribution is 1.30. The molecule has 0 atom stereocenters. The molecule has 0 fully saturated rings. The molecule has 0 aliphatic heterocycles. The van der Waals surface area contributed by atoms with Crippen molar-refractivity contribution in [2.75, 3.05) is 5.73 Å². The van der Waals surface area contributed by atoms with Crippen molar-refractivity contribution < 1.29 is 0 Å². The number of nitrogens with zero attached hydrogens (tertiary/aromatic N) is 1. The number of fused-ring (bicyclic) bond motifs is 1. The average molecular weight is 302 g/mol. The zero-order chi connectivity index (χ0) is 12.7. The monoisotopic (exact) mass is 301 g/mol. The Labute approximate surface area is 113 Å². The van der Waals surface area contributed by atoms with E-state index < -0.39 is 0 Å². The number of H-pyrrole nitrogens is 1. The predicted octanol–water partition coefficient (Wildman–Crippen LogP) is 3.88. The van der Waals surface area contributed by atoms with E-state index in [2.05, 4.69) is 45.0 Å². The molecule has 0 aliphatic rings. The number of benzene rings is 2. The molecule has 0 unspecified atom stereocenters. The van der Waals surface area contributed by atoms with Gasteiger partial charge in [0.2, 0.25) is 0 Å². The van der Waals surface area contributed by atoms with Gasteiger partial charge in [-0.3, -0.25) is 0 Å². The van der Waals surface area contributed by atoms with Gasteiger partial charge in [-0.1, -0.05) is 28.1 Å². The van der Waals surface area contributed by atoms with Crippen molar-refractivity contribution in [3.8, 4) is 11.4 Å². The molecule has 0 spiro atoms. The van der Waals surface area contributed by atoms with Gasteiger partial charge >= 0.3 is 0 Å². The van der Waals surface area contributed by atoms with Gasteiger partial charge in [0, 0.05) is 10.0 Å². The molecule has 4 heteroatoms. The fraction of sp³-hybridized carbons (Fsp3) is 0.0714. The quantitative estimate of drug-likeness (QED) is 0.670. The Morgan fingerprint density at radius 3 is 2.83 bits per heavy atom. The van der Waals surface area contributed by atoms with Crippen LogP contribution in [0.3, 0.4) is 0 Å². The number of nitrogens with two attached hydrogens (primary N) is 1. The highest BCUT2D eigenvalue weighted by Gasteiger charge is 2.09. The van der Waals surface area contributed by atoms with Crippen LogP contribution >= 0.6 is 15.9 Å². The van der Waals surface area contributed by atoms with Crippen molar-refractivity contribution in [1.29, 1.82) is 0 Å². The summed E-state index contributed by atoms with van der Waals surface area (Å²) in [6.07, 6.45) is 0. The summed E-state index contributed by atoms with van der Waals surface area (Å²) in [4.78, 5) is 7.89. The number of rotatable bonds is 1. The van der Waals surface area contributed by atoms with E-state index in [9.17, 15) is 0 Å². The molecule has 0 amide bonds. The third-order valence-electron chi connectivity index (χ3n) is 3.00. The van der Waals surface area contributed by atoms with Crippen molar-refractivity contribution in [2.24, 2.45) is 0 Å². The summed E-state index contributed by atoms with van der Waals surface area (Å²) in [5.74, 6) is 0.849. The minimum absolute atomic E-state index is 0.697. The van der Waals surface area contributed by atoms with Crippen molar-refractivity contribution in [1.82, 2.24) is 9.97 Å². The minimum atomic E-state index is 0.697. The van der Waals surface area contributed by atoms with E-state index in [0.717, 1.165) is 26.9 Å². The number of halogens is 1. The third-order valence-corrected chi connectivity index (χ3v) is 3.49. The zero-order valence-electron chi connectivity index (χ0n) is 9.87. The van der Waals surface area contributed by atoms with Crippen LogP contribution in [0.5, 0.6) is 0 Å². The van der Waals surface area contributed by atoms with Crippen LogP contribution in [0.4, 0.5) is 5.69 Å². The maximum absolute atomic E-state index is 5.92. The summed E-state index contributed by atoms with van der Waals surface area (Å²) >= 11 is 3.49. The standard InChI is InChI=1S/C14H12BrN3/c1-8-5-6-9(15)7-10(8)14-17-12-4-2-3-11(16)13(12)18-14/h2-7H,16H2,1H3,(H,17,18). The molecule has 0 bridgehead atoms. The van der Waals surface area contributed by atoms with Gasteiger partial charge in [-0.05, 0) is 36.8 Å². The average Bonchev–Trinajstić information content (AvgIpc) is 2.77. The van der Waals surface area contributed by atoms with Gasteiger partial charge in [0.1, 0.15) is 11.3 Å². The van der Waals surface area contributed by atoms with Gasteiger partial charge in [-0.2, -0.15) is 0 Å². The number of anilines is 1. The second-order valence-electron chi connectivity index (χ2n) is 4.29. The number of hydrogen-bond donors (Lipinski definition) is 2. The van der Waals surface area contributed by atoms with Gasteiger partial charge in [-0.25, -0.2) is 4.98 Å². The molecule has 2 aromatic carbocycles. The summed E-state index contributed by atoms with van der Waals surface area (Å²) < 4.78 is 1.04. The van der Waals surface area contributed by atoms with E-state index in [1.54, 1.807) is 0 Å². The lowest BCUT2D eigenvalue weighted by Gasteiger charge is -2.02. The molecule has 1 heterocycles. The Morgan fingerprint density at radius 1 is 1.22 bits per heavy atom. The molecule has 18 heavy (non-hydrogen) atoms. The number of aromatic amines is 1. The van der Waals surface area contributed by atoms with Crippen LogP contribution in [0.15, 0.2) is 40.9 Å². The summed E-state index contributed by atoms with van der Waals surface area (Å²) in [5, 5.41) is 0. The summed E-state index contributed by atoms with van der Waals surface area (Å²) in [6, 6.07) is 11.9. The van der Waals surface area contributed by atoms with E-state index in [1.165, 1.54) is 5.56 Å². The van der Waals surface area contributed by atoms with Crippen LogP contribution in [0.25, 0.3) is 22.4 Å². The van der Waals surface area contributed by atoms with E-state index in [-0.39, 0.29) is 0 Å². The molecule has 3 rings (SSSR count). The highest BCUT2D eigenvalue weighted by molar-refractivity contribution is 9.10. The molecule has 90 valence electrons.